The lowest BCUT2D eigenvalue weighted by atomic mass is 9.67. The van der Waals surface area contributed by atoms with Crippen molar-refractivity contribution < 1.29 is 0 Å². The van der Waals surface area contributed by atoms with Gasteiger partial charge in [-0.25, -0.2) is 0 Å². The summed E-state index contributed by atoms with van der Waals surface area (Å²) in [5, 5.41) is 0. The monoisotopic (exact) mass is 680 g/mol. The predicted molar refractivity (Wildman–Crippen MR) is 224 cm³/mol. The van der Waals surface area contributed by atoms with Gasteiger partial charge in [0.25, 0.3) is 0 Å². The first-order valence-corrected chi connectivity index (χ1v) is 19.4. The lowest BCUT2D eigenvalue weighted by Crippen LogP contribution is -2.30. The van der Waals surface area contributed by atoms with Crippen LogP contribution in [-0.4, -0.2) is 52.4 Å². The molecule has 0 fully saturated rings. The van der Waals surface area contributed by atoms with Gasteiger partial charge in [-0.15, -0.1) is 0 Å². The van der Waals surface area contributed by atoms with Gasteiger partial charge in [0.05, 0.1) is 5.41 Å². The highest BCUT2D eigenvalue weighted by molar-refractivity contribution is 5.86. The van der Waals surface area contributed by atoms with Gasteiger partial charge in [-0.2, -0.15) is 0 Å². The molecule has 0 bridgehead atoms. The largest absolute Gasteiger partial charge is 0.372 e. The SMILES string of the molecule is CCN(CC)c1ccc(N(CC)CC)cc1.CCN(CC)c1cccc(C2(c3cccc(N(CC)CC)c3)c3ccccc3-c3ccccc32)c1. The fourth-order valence-electron chi connectivity index (χ4n) is 8.12. The van der Waals surface area contributed by atoms with Crippen molar-refractivity contribution in [1.29, 1.82) is 0 Å². The minimum atomic E-state index is -0.362. The Hall–Kier alpha value is -4.70. The standard InChI is InChI=1S/C33H36N2.C14H24N2/c1-5-34(6-2)27-17-13-15-25(23-27)33(26-16-14-18-28(24-26)35(7-3)8-4)31-21-11-9-19-29(31)30-20-10-12-22-32(30)33;1-5-15(6-2)13-9-11-14(12-10-13)16(7-3)8-4/h9-24H,5-8H2,1-4H3;9-12H,5-8H2,1-4H3. The molecular formula is C47H60N4. The van der Waals surface area contributed by atoms with Gasteiger partial charge in [0, 0.05) is 75.1 Å². The van der Waals surface area contributed by atoms with Crippen LogP contribution in [0.4, 0.5) is 22.7 Å². The van der Waals surface area contributed by atoms with E-state index in [0.29, 0.717) is 0 Å². The van der Waals surface area contributed by atoms with E-state index in [-0.39, 0.29) is 5.41 Å². The zero-order valence-corrected chi connectivity index (χ0v) is 32.5. The minimum Gasteiger partial charge on any atom is -0.372 e. The topological polar surface area (TPSA) is 13.0 Å². The van der Waals surface area contributed by atoms with E-state index >= 15 is 0 Å². The first-order chi connectivity index (χ1) is 24.9. The third-order valence-electron chi connectivity index (χ3n) is 10.9. The Morgan fingerprint density at radius 1 is 0.333 bits per heavy atom. The molecule has 4 nitrogen and oxygen atoms in total. The van der Waals surface area contributed by atoms with E-state index in [1.54, 1.807) is 0 Å². The van der Waals surface area contributed by atoms with E-state index < -0.39 is 0 Å². The van der Waals surface area contributed by atoms with E-state index in [0.717, 1.165) is 52.4 Å². The van der Waals surface area contributed by atoms with Gasteiger partial charge in [0.2, 0.25) is 0 Å². The maximum Gasteiger partial charge on any atom is 0.0715 e. The molecule has 51 heavy (non-hydrogen) atoms. The van der Waals surface area contributed by atoms with Gasteiger partial charge in [-0.05, 0) is 137 Å². The molecule has 5 aromatic carbocycles. The Morgan fingerprint density at radius 3 is 0.980 bits per heavy atom. The van der Waals surface area contributed by atoms with Gasteiger partial charge in [-0.3, -0.25) is 0 Å². The molecule has 0 aliphatic heterocycles. The highest BCUT2D eigenvalue weighted by Crippen LogP contribution is 2.56. The molecule has 0 amide bonds. The summed E-state index contributed by atoms with van der Waals surface area (Å²) in [4.78, 5) is 9.62. The Morgan fingerprint density at radius 2 is 0.647 bits per heavy atom. The third kappa shape index (κ3) is 7.38. The van der Waals surface area contributed by atoms with Crippen molar-refractivity contribution in [2.45, 2.75) is 60.8 Å². The first-order valence-electron chi connectivity index (χ1n) is 19.4. The molecule has 5 aromatic rings. The molecule has 0 aromatic heterocycles. The second-order valence-electron chi connectivity index (χ2n) is 13.1. The number of anilines is 4. The van der Waals surface area contributed by atoms with Crippen LogP contribution in [0.1, 0.15) is 77.6 Å². The van der Waals surface area contributed by atoms with Gasteiger partial charge in [0.1, 0.15) is 0 Å². The molecule has 0 N–H and O–H groups in total. The summed E-state index contributed by atoms with van der Waals surface area (Å²) in [5.74, 6) is 0. The molecule has 4 heteroatoms. The molecule has 0 atom stereocenters. The van der Waals surface area contributed by atoms with Crippen molar-refractivity contribution in [2.24, 2.45) is 0 Å². The summed E-state index contributed by atoms with van der Waals surface area (Å²) in [5.41, 5.74) is 12.9. The molecule has 1 aliphatic carbocycles. The maximum atomic E-state index is 2.44. The van der Waals surface area contributed by atoms with Crippen LogP contribution in [0, 0.1) is 0 Å². The van der Waals surface area contributed by atoms with Crippen LogP contribution in [-0.2, 0) is 5.41 Å². The third-order valence-corrected chi connectivity index (χ3v) is 10.9. The molecule has 268 valence electrons. The molecule has 0 heterocycles. The number of hydrogen-bond acceptors (Lipinski definition) is 4. The van der Waals surface area contributed by atoms with Crippen LogP contribution in [0.5, 0.6) is 0 Å². The summed E-state index contributed by atoms with van der Waals surface area (Å²) in [6.07, 6.45) is 0. The lowest BCUT2D eigenvalue weighted by Gasteiger charge is -2.35. The summed E-state index contributed by atoms with van der Waals surface area (Å²) >= 11 is 0. The molecule has 0 radical (unpaired) electrons. The minimum absolute atomic E-state index is 0.362. The van der Waals surface area contributed by atoms with Crippen LogP contribution < -0.4 is 19.6 Å². The van der Waals surface area contributed by atoms with Crippen molar-refractivity contribution in [2.75, 3.05) is 72.0 Å². The molecule has 6 rings (SSSR count). The second-order valence-corrected chi connectivity index (χ2v) is 13.1. The van der Waals surface area contributed by atoms with Gasteiger partial charge in [-0.1, -0.05) is 72.8 Å². The number of rotatable bonds is 14. The molecule has 1 aliphatic rings. The number of nitrogens with zero attached hydrogens (tertiary/aromatic N) is 4. The van der Waals surface area contributed by atoms with Gasteiger partial charge < -0.3 is 19.6 Å². The highest BCUT2D eigenvalue weighted by Gasteiger charge is 2.46. The fraction of sp³-hybridized carbons (Fsp3) is 0.362. The summed E-state index contributed by atoms with van der Waals surface area (Å²) < 4.78 is 0. The molecule has 0 unspecified atom stereocenters. The van der Waals surface area contributed by atoms with E-state index in [9.17, 15) is 0 Å². The number of hydrogen-bond donors (Lipinski definition) is 0. The number of fused-ring (bicyclic) bond motifs is 3. The maximum absolute atomic E-state index is 2.44. The van der Waals surface area contributed by atoms with Gasteiger partial charge >= 0.3 is 0 Å². The molecular weight excluding hydrogens is 621 g/mol. The average molecular weight is 681 g/mol. The van der Waals surface area contributed by atoms with Crippen LogP contribution in [0.15, 0.2) is 121 Å². The zero-order chi connectivity index (χ0) is 36.4. The average Bonchev–Trinajstić information content (AvgIpc) is 3.49. The van der Waals surface area contributed by atoms with Crippen LogP contribution in [0.2, 0.25) is 0 Å². The van der Waals surface area contributed by atoms with Crippen molar-refractivity contribution in [3.63, 3.8) is 0 Å². The quantitative estimate of drug-likeness (QED) is 0.113. The Kier molecular flexibility index (Phi) is 12.9. The van der Waals surface area contributed by atoms with Crippen LogP contribution in [0.25, 0.3) is 11.1 Å². The lowest BCUT2D eigenvalue weighted by molar-refractivity contribution is 0.762. The molecule has 0 saturated carbocycles. The van der Waals surface area contributed by atoms with E-state index in [4.69, 9.17) is 0 Å². The van der Waals surface area contributed by atoms with Crippen LogP contribution in [0.3, 0.4) is 0 Å². The van der Waals surface area contributed by atoms with Crippen LogP contribution >= 0.6 is 0 Å². The van der Waals surface area contributed by atoms with E-state index in [1.807, 2.05) is 0 Å². The Balaban J connectivity index is 0.000000265. The summed E-state index contributed by atoms with van der Waals surface area (Å²) in [6.45, 7) is 26.0. The van der Waals surface area contributed by atoms with Crippen molar-refractivity contribution >= 4 is 22.7 Å². The molecule has 0 saturated heterocycles. The van der Waals surface area contributed by atoms with E-state index in [1.165, 1.54) is 56.1 Å². The van der Waals surface area contributed by atoms with Crippen molar-refractivity contribution in [1.82, 2.24) is 0 Å². The highest BCUT2D eigenvalue weighted by atomic mass is 15.1. The first kappa shape index (κ1) is 37.6. The Bertz CT molecular complexity index is 1680. The Labute approximate surface area is 309 Å². The fourth-order valence-corrected chi connectivity index (χ4v) is 8.12. The predicted octanol–water partition coefficient (Wildman–Crippen LogP) is 11.1. The van der Waals surface area contributed by atoms with Crippen molar-refractivity contribution in [3.8, 4) is 11.1 Å². The molecule has 0 spiro atoms. The second kappa shape index (κ2) is 17.5. The summed E-state index contributed by atoms with van der Waals surface area (Å²) in [6, 6.07) is 45.4. The van der Waals surface area contributed by atoms with Gasteiger partial charge in [0.15, 0.2) is 0 Å². The smallest absolute Gasteiger partial charge is 0.0715 e. The number of benzene rings is 5. The summed E-state index contributed by atoms with van der Waals surface area (Å²) in [7, 11) is 0. The normalized spacial score (nSPS) is 12.3. The van der Waals surface area contributed by atoms with Crippen molar-refractivity contribution in [3.05, 3.63) is 144 Å². The zero-order valence-electron chi connectivity index (χ0n) is 32.5. The van der Waals surface area contributed by atoms with E-state index in [2.05, 4.69) is 196 Å².